The van der Waals surface area contributed by atoms with Crippen LogP contribution in [0.4, 0.5) is 5.82 Å². The van der Waals surface area contributed by atoms with Crippen molar-refractivity contribution in [3.8, 4) is 0 Å². The van der Waals surface area contributed by atoms with Crippen LogP contribution in [-0.2, 0) is 9.84 Å². The van der Waals surface area contributed by atoms with Gasteiger partial charge in [-0.2, -0.15) is 0 Å². The first-order valence-electron chi connectivity index (χ1n) is 6.91. The van der Waals surface area contributed by atoms with Gasteiger partial charge in [-0.1, -0.05) is 0 Å². The molecule has 6 heteroatoms. The van der Waals surface area contributed by atoms with Gasteiger partial charge in [0, 0.05) is 25.0 Å². The van der Waals surface area contributed by atoms with E-state index < -0.39 is 9.84 Å². The van der Waals surface area contributed by atoms with Crippen molar-refractivity contribution in [3.05, 3.63) is 18.3 Å². The van der Waals surface area contributed by atoms with E-state index in [2.05, 4.69) is 36.1 Å². The summed E-state index contributed by atoms with van der Waals surface area (Å²) in [5, 5.41) is 3.11. The highest BCUT2D eigenvalue weighted by Gasteiger charge is 2.13. The van der Waals surface area contributed by atoms with Crippen LogP contribution >= 0.6 is 0 Å². The van der Waals surface area contributed by atoms with E-state index in [0.29, 0.717) is 11.9 Å². The number of pyridine rings is 1. The molecular formula is C14H25N3O2S. The van der Waals surface area contributed by atoms with Gasteiger partial charge in [0.25, 0.3) is 0 Å². The molecule has 0 aliphatic rings. The number of aromatic nitrogens is 1. The summed E-state index contributed by atoms with van der Waals surface area (Å²) in [6.07, 6.45) is 4.86. The Balaban J connectivity index is 2.44. The maximum atomic E-state index is 11.6. The molecule has 0 atom stereocenters. The SMILES string of the molecule is CC(C)N(C)CCCCNc1ncccc1S(C)(=O)=O. The normalized spacial score (nSPS) is 12.1. The fourth-order valence-electron chi connectivity index (χ4n) is 1.77. The Labute approximate surface area is 122 Å². The first-order valence-corrected chi connectivity index (χ1v) is 8.80. The Bertz CT molecular complexity index is 515. The highest BCUT2D eigenvalue weighted by atomic mass is 32.2. The lowest BCUT2D eigenvalue weighted by Crippen LogP contribution is -2.27. The number of hydrogen-bond acceptors (Lipinski definition) is 5. The maximum absolute atomic E-state index is 11.6. The molecule has 114 valence electrons. The molecule has 1 rings (SSSR count). The predicted molar refractivity (Wildman–Crippen MR) is 82.8 cm³/mol. The van der Waals surface area contributed by atoms with Gasteiger partial charge in [-0.05, 0) is 52.4 Å². The Morgan fingerprint density at radius 3 is 2.65 bits per heavy atom. The third-order valence-corrected chi connectivity index (χ3v) is 4.41. The van der Waals surface area contributed by atoms with Crippen molar-refractivity contribution in [2.75, 3.05) is 31.7 Å². The first kappa shape index (κ1) is 16.9. The number of unbranched alkanes of at least 4 members (excludes halogenated alkanes) is 1. The zero-order valence-corrected chi connectivity index (χ0v) is 13.6. The lowest BCUT2D eigenvalue weighted by molar-refractivity contribution is 0.269. The van der Waals surface area contributed by atoms with Crippen molar-refractivity contribution in [2.45, 2.75) is 37.6 Å². The van der Waals surface area contributed by atoms with E-state index in [1.807, 2.05) is 0 Å². The average molecular weight is 299 g/mol. The minimum Gasteiger partial charge on any atom is -0.369 e. The van der Waals surface area contributed by atoms with Crippen LogP contribution in [0.1, 0.15) is 26.7 Å². The van der Waals surface area contributed by atoms with E-state index >= 15 is 0 Å². The average Bonchev–Trinajstić information content (AvgIpc) is 2.37. The lowest BCUT2D eigenvalue weighted by Gasteiger charge is -2.20. The van der Waals surface area contributed by atoms with Gasteiger partial charge in [-0.25, -0.2) is 13.4 Å². The van der Waals surface area contributed by atoms with Crippen LogP contribution in [-0.4, -0.2) is 50.7 Å². The van der Waals surface area contributed by atoms with Crippen molar-refractivity contribution < 1.29 is 8.42 Å². The molecule has 0 aromatic carbocycles. The molecule has 0 aliphatic carbocycles. The molecule has 0 fully saturated rings. The van der Waals surface area contributed by atoms with Crippen LogP contribution in [0.3, 0.4) is 0 Å². The van der Waals surface area contributed by atoms with Crippen LogP contribution in [0.25, 0.3) is 0 Å². The quantitative estimate of drug-likeness (QED) is 0.744. The summed E-state index contributed by atoms with van der Waals surface area (Å²) in [6, 6.07) is 3.77. The molecule has 0 unspecified atom stereocenters. The Morgan fingerprint density at radius 2 is 2.05 bits per heavy atom. The second kappa shape index (κ2) is 7.59. The molecule has 20 heavy (non-hydrogen) atoms. The summed E-state index contributed by atoms with van der Waals surface area (Å²) in [5.74, 6) is 0.451. The largest absolute Gasteiger partial charge is 0.369 e. The van der Waals surface area contributed by atoms with Gasteiger partial charge in [-0.3, -0.25) is 0 Å². The molecule has 1 heterocycles. The molecule has 0 bridgehead atoms. The minimum atomic E-state index is -3.23. The van der Waals surface area contributed by atoms with Gasteiger partial charge in [0.05, 0.1) is 0 Å². The molecule has 1 aromatic heterocycles. The van der Waals surface area contributed by atoms with Crippen LogP contribution in [0.2, 0.25) is 0 Å². The van der Waals surface area contributed by atoms with Crippen LogP contribution in [0.5, 0.6) is 0 Å². The third-order valence-electron chi connectivity index (χ3n) is 3.28. The van der Waals surface area contributed by atoms with Crippen LogP contribution < -0.4 is 5.32 Å². The van der Waals surface area contributed by atoms with Gasteiger partial charge >= 0.3 is 0 Å². The van der Waals surface area contributed by atoms with Gasteiger partial charge in [-0.15, -0.1) is 0 Å². The standard InChI is InChI=1S/C14H25N3O2S/c1-12(2)17(3)11-6-5-9-15-14-13(20(4,18)19)8-7-10-16-14/h7-8,10,12H,5-6,9,11H2,1-4H3,(H,15,16). The van der Waals surface area contributed by atoms with Gasteiger partial charge < -0.3 is 10.2 Å². The van der Waals surface area contributed by atoms with Crippen molar-refractivity contribution in [1.29, 1.82) is 0 Å². The predicted octanol–water partition coefficient (Wildman–Crippen LogP) is 2.02. The number of rotatable bonds is 8. The molecule has 0 spiro atoms. The first-order chi connectivity index (χ1) is 9.32. The molecule has 0 radical (unpaired) electrons. The van der Waals surface area contributed by atoms with Gasteiger partial charge in [0.1, 0.15) is 10.7 Å². The summed E-state index contributed by atoms with van der Waals surface area (Å²) in [6.45, 7) is 6.11. The zero-order chi connectivity index (χ0) is 15.2. The highest BCUT2D eigenvalue weighted by molar-refractivity contribution is 7.90. The number of anilines is 1. The number of hydrogen-bond donors (Lipinski definition) is 1. The van der Waals surface area contributed by atoms with E-state index in [-0.39, 0.29) is 4.90 Å². The van der Waals surface area contributed by atoms with E-state index in [0.717, 1.165) is 25.9 Å². The smallest absolute Gasteiger partial charge is 0.179 e. The van der Waals surface area contributed by atoms with E-state index in [1.165, 1.54) is 6.26 Å². The molecule has 1 aromatic rings. The van der Waals surface area contributed by atoms with Gasteiger partial charge in [0.2, 0.25) is 0 Å². The van der Waals surface area contributed by atoms with Gasteiger partial charge in [0.15, 0.2) is 9.84 Å². The second-order valence-electron chi connectivity index (χ2n) is 5.33. The highest BCUT2D eigenvalue weighted by Crippen LogP contribution is 2.17. The topological polar surface area (TPSA) is 62.3 Å². The summed E-state index contributed by atoms with van der Waals surface area (Å²) in [5.41, 5.74) is 0. The molecule has 0 aliphatic heterocycles. The summed E-state index contributed by atoms with van der Waals surface area (Å²) < 4.78 is 23.2. The Morgan fingerprint density at radius 1 is 1.35 bits per heavy atom. The van der Waals surface area contributed by atoms with Crippen molar-refractivity contribution in [2.24, 2.45) is 0 Å². The van der Waals surface area contributed by atoms with Crippen molar-refractivity contribution >= 4 is 15.7 Å². The molecule has 0 saturated carbocycles. The third kappa shape index (κ3) is 5.46. The van der Waals surface area contributed by atoms with E-state index in [4.69, 9.17) is 0 Å². The van der Waals surface area contributed by atoms with Crippen LogP contribution in [0.15, 0.2) is 23.2 Å². The summed E-state index contributed by atoms with van der Waals surface area (Å²) in [7, 11) is -1.12. The fourth-order valence-corrected chi connectivity index (χ4v) is 2.58. The summed E-state index contributed by atoms with van der Waals surface area (Å²) >= 11 is 0. The minimum absolute atomic E-state index is 0.263. The van der Waals surface area contributed by atoms with Crippen molar-refractivity contribution in [1.82, 2.24) is 9.88 Å². The monoisotopic (exact) mass is 299 g/mol. The summed E-state index contributed by atoms with van der Waals surface area (Å²) in [4.78, 5) is 6.66. The number of nitrogens with one attached hydrogen (secondary N) is 1. The Hall–Kier alpha value is -1.14. The van der Waals surface area contributed by atoms with Crippen molar-refractivity contribution in [3.63, 3.8) is 0 Å². The lowest BCUT2D eigenvalue weighted by atomic mass is 10.2. The molecule has 0 amide bonds. The number of nitrogens with zero attached hydrogens (tertiary/aromatic N) is 2. The second-order valence-corrected chi connectivity index (χ2v) is 7.31. The Kier molecular flexibility index (Phi) is 6.42. The molecule has 0 saturated heterocycles. The zero-order valence-electron chi connectivity index (χ0n) is 12.8. The maximum Gasteiger partial charge on any atom is 0.179 e. The van der Waals surface area contributed by atoms with E-state index in [1.54, 1.807) is 18.3 Å². The fraction of sp³-hybridized carbons (Fsp3) is 0.643. The molecule has 5 nitrogen and oxygen atoms in total. The molecular weight excluding hydrogens is 274 g/mol. The number of sulfone groups is 1. The van der Waals surface area contributed by atoms with E-state index in [9.17, 15) is 8.42 Å². The van der Waals surface area contributed by atoms with Crippen LogP contribution in [0, 0.1) is 0 Å². The molecule has 1 N–H and O–H groups in total.